The Morgan fingerprint density at radius 2 is 1.29 bits per heavy atom. The van der Waals surface area contributed by atoms with E-state index in [1.54, 1.807) is 0 Å². The van der Waals surface area contributed by atoms with Gasteiger partial charge in [0.2, 0.25) is 0 Å². The average Bonchev–Trinajstić information content (AvgIpc) is 3.51. The Bertz CT molecular complexity index is 2290. The molecule has 156 valence electrons. The lowest BCUT2D eigenvalue weighted by Gasteiger charge is -2.03. The summed E-state index contributed by atoms with van der Waals surface area (Å²) in [4.78, 5) is 10.3. The van der Waals surface area contributed by atoms with Crippen molar-refractivity contribution in [3.63, 3.8) is 0 Å². The molecule has 0 aliphatic heterocycles. The second kappa shape index (κ2) is 5.79. The summed E-state index contributed by atoms with van der Waals surface area (Å²) in [6.07, 6.45) is 0. The average molecular weight is 450 g/mol. The molecule has 0 saturated heterocycles. The van der Waals surface area contributed by atoms with Crippen molar-refractivity contribution in [1.82, 2.24) is 14.4 Å². The first-order valence-electron chi connectivity index (χ1n) is 11.4. The summed E-state index contributed by atoms with van der Waals surface area (Å²) in [6, 6.07) is 32.7. The van der Waals surface area contributed by atoms with Crippen molar-refractivity contribution in [2.75, 3.05) is 0 Å². The molecule has 5 aromatic carbocycles. The zero-order valence-electron chi connectivity index (χ0n) is 17.9. The molecule has 4 aromatic heterocycles. The summed E-state index contributed by atoms with van der Waals surface area (Å²) in [5.41, 5.74) is 6.20. The summed E-state index contributed by atoms with van der Waals surface area (Å²) >= 11 is 1.86. The second-order valence-electron chi connectivity index (χ2n) is 9.08. The van der Waals surface area contributed by atoms with E-state index in [1.807, 2.05) is 11.3 Å². The third-order valence-electron chi connectivity index (χ3n) is 7.27. The highest BCUT2D eigenvalue weighted by atomic mass is 32.1. The zero-order valence-corrected chi connectivity index (χ0v) is 18.7. The normalized spacial score (nSPS) is 12.7. The van der Waals surface area contributed by atoms with Gasteiger partial charge in [0, 0.05) is 36.3 Å². The largest absolute Gasteiger partial charge is 0.291 e. The quantitative estimate of drug-likeness (QED) is 0.218. The van der Waals surface area contributed by atoms with Crippen molar-refractivity contribution in [2.45, 2.75) is 0 Å². The van der Waals surface area contributed by atoms with Crippen LogP contribution in [0.3, 0.4) is 0 Å². The molecule has 0 saturated carbocycles. The Hall–Kier alpha value is -4.28. The number of aromatic nitrogens is 3. The third kappa shape index (κ3) is 1.99. The molecule has 0 bridgehead atoms. The van der Waals surface area contributed by atoms with Crippen LogP contribution in [0.4, 0.5) is 0 Å². The summed E-state index contributed by atoms with van der Waals surface area (Å²) < 4.78 is 4.97. The molecule has 0 aliphatic rings. The maximum Gasteiger partial charge on any atom is 0.165 e. The minimum Gasteiger partial charge on any atom is -0.291 e. The lowest BCUT2D eigenvalue weighted by molar-refractivity contribution is 1.28. The highest BCUT2D eigenvalue weighted by Crippen LogP contribution is 2.42. The van der Waals surface area contributed by atoms with Gasteiger partial charge in [-0.15, -0.1) is 11.3 Å². The van der Waals surface area contributed by atoms with Crippen LogP contribution in [0.1, 0.15) is 0 Å². The topological polar surface area (TPSA) is 30.2 Å². The van der Waals surface area contributed by atoms with Crippen LogP contribution in [0.2, 0.25) is 0 Å². The summed E-state index contributed by atoms with van der Waals surface area (Å²) in [7, 11) is 0. The molecule has 0 aliphatic carbocycles. The number of nitrogens with zero attached hydrogens (tertiary/aromatic N) is 3. The van der Waals surface area contributed by atoms with E-state index in [1.165, 1.54) is 58.1 Å². The minimum atomic E-state index is 0.934. The molecule has 4 heteroatoms. The van der Waals surface area contributed by atoms with Crippen molar-refractivity contribution in [3.05, 3.63) is 91.0 Å². The lowest BCUT2D eigenvalue weighted by atomic mass is 10.1. The first-order chi connectivity index (χ1) is 16.8. The Morgan fingerprint density at radius 1 is 0.559 bits per heavy atom. The van der Waals surface area contributed by atoms with Gasteiger partial charge in [0.1, 0.15) is 5.52 Å². The minimum absolute atomic E-state index is 0.934. The van der Waals surface area contributed by atoms with Gasteiger partial charge in [0.25, 0.3) is 0 Å². The van der Waals surface area contributed by atoms with E-state index < -0.39 is 0 Å². The smallest absolute Gasteiger partial charge is 0.165 e. The number of hydrogen-bond donors (Lipinski definition) is 0. The molecule has 0 unspecified atom stereocenters. The van der Waals surface area contributed by atoms with E-state index in [4.69, 9.17) is 9.97 Å². The summed E-state index contributed by atoms with van der Waals surface area (Å²) in [6.45, 7) is 0. The molecule has 0 radical (unpaired) electrons. The second-order valence-corrected chi connectivity index (χ2v) is 10.2. The fourth-order valence-electron chi connectivity index (χ4n) is 5.76. The Balaban J connectivity index is 1.52. The molecular weight excluding hydrogens is 434 g/mol. The Morgan fingerprint density at radius 3 is 2.18 bits per heavy atom. The Kier molecular flexibility index (Phi) is 2.94. The van der Waals surface area contributed by atoms with E-state index in [9.17, 15) is 0 Å². The highest BCUT2D eigenvalue weighted by molar-refractivity contribution is 7.25. The highest BCUT2D eigenvalue weighted by Gasteiger charge is 2.21. The van der Waals surface area contributed by atoms with Gasteiger partial charge in [-0.3, -0.25) is 4.40 Å². The Labute approximate surface area is 196 Å². The van der Waals surface area contributed by atoms with Gasteiger partial charge in [-0.2, -0.15) is 0 Å². The van der Waals surface area contributed by atoms with Gasteiger partial charge >= 0.3 is 0 Å². The lowest BCUT2D eigenvalue weighted by Crippen LogP contribution is -1.89. The maximum absolute atomic E-state index is 5.19. The van der Waals surface area contributed by atoms with Crippen LogP contribution in [0, 0.1) is 0 Å². The fourth-order valence-corrected chi connectivity index (χ4v) is 6.88. The van der Waals surface area contributed by atoms with Crippen molar-refractivity contribution >= 4 is 91.7 Å². The van der Waals surface area contributed by atoms with Crippen LogP contribution in [0.5, 0.6) is 0 Å². The van der Waals surface area contributed by atoms with Gasteiger partial charge in [0.05, 0.1) is 22.1 Å². The van der Waals surface area contributed by atoms with Gasteiger partial charge < -0.3 is 0 Å². The summed E-state index contributed by atoms with van der Waals surface area (Å²) in [5, 5.41) is 8.75. The van der Waals surface area contributed by atoms with Crippen LogP contribution in [0.15, 0.2) is 91.0 Å². The van der Waals surface area contributed by atoms with Crippen molar-refractivity contribution in [1.29, 1.82) is 0 Å². The fraction of sp³-hybridized carbons (Fsp3) is 0. The van der Waals surface area contributed by atoms with Crippen molar-refractivity contribution in [2.24, 2.45) is 0 Å². The third-order valence-corrected chi connectivity index (χ3v) is 8.40. The van der Waals surface area contributed by atoms with Crippen LogP contribution in [-0.4, -0.2) is 14.4 Å². The standard InChI is InChI=1S/C30H15N3S/c1-2-7-17-13-24-23(12-16(17)6-1)31-28-20-10-5-9-19-21-14-22-18-8-3-4-11-26(18)34-27(22)15-25(21)33(29(19)20)30(28)32-24/h1-15H. The zero-order chi connectivity index (χ0) is 22.0. The van der Waals surface area contributed by atoms with Crippen molar-refractivity contribution < 1.29 is 0 Å². The number of fused-ring (bicyclic) bond motifs is 11. The first-order valence-corrected chi connectivity index (χ1v) is 12.2. The van der Waals surface area contributed by atoms with Crippen LogP contribution < -0.4 is 0 Å². The van der Waals surface area contributed by atoms with E-state index in [2.05, 4.69) is 95.4 Å². The summed E-state index contributed by atoms with van der Waals surface area (Å²) in [5.74, 6) is 0. The van der Waals surface area contributed by atoms with Crippen molar-refractivity contribution in [3.8, 4) is 0 Å². The molecular formula is C30H15N3S. The van der Waals surface area contributed by atoms with Gasteiger partial charge in [0.15, 0.2) is 5.65 Å². The van der Waals surface area contributed by atoms with Gasteiger partial charge in [-0.25, -0.2) is 9.97 Å². The maximum atomic E-state index is 5.19. The first kappa shape index (κ1) is 17.2. The molecule has 3 nitrogen and oxygen atoms in total. The van der Waals surface area contributed by atoms with E-state index in [-0.39, 0.29) is 0 Å². The number of thiophene rings is 1. The predicted octanol–water partition coefficient (Wildman–Crippen LogP) is 8.30. The number of para-hydroxylation sites is 1. The molecule has 9 aromatic rings. The van der Waals surface area contributed by atoms with E-state index >= 15 is 0 Å². The van der Waals surface area contributed by atoms with Crippen LogP contribution in [0.25, 0.3) is 80.3 Å². The molecule has 4 heterocycles. The molecule has 0 atom stereocenters. The predicted molar refractivity (Wildman–Crippen MR) is 145 cm³/mol. The van der Waals surface area contributed by atoms with E-state index in [0.29, 0.717) is 0 Å². The van der Waals surface area contributed by atoms with Gasteiger partial charge in [-0.05, 0) is 41.1 Å². The molecule has 9 rings (SSSR count). The molecule has 0 amide bonds. The van der Waals surface area contributed by atoms with Crippen LogP contribution >= 0.6 is 11.3 Å². The van der Waals surface area contributed by atoms with Gasteiger partial charge in [-0.1, -0.05) is 60.7 Å². The molecule has 0 fully saturated rings. The number of hydrogen-bond acceptors (Lipinski definition) is 3. The number of benzene rings is 5. The SMILES string of the molecule is c1ccc2cc3nc4c(nc3cc2c1)c1cccc2c3cc5c(cc3n4c21)sc1ccccc15. The van der Waals surface area contributed by atoms with E-state index in [0.717, 1.165) is 22.2 Å². The molecule has 0 spiro atoms. The number of rotatable bonds is 0. The molecule has 0 N–H and O–H groups in total. The van der Waals surface area contributed by atoms with Crippen LogP contribution in [-0.2, 0) is 0 Å². The monoisotopic (exact) mass is 449 g/mol. The molecule has 34 heavy (non-hydrogen) atoms.